The highest BCUT2D eigenvalue weighted by atomic mass is 32.1. The fourth-order valence-electron chi connectivity index (χ4n) is 2.47. The highest BCUT2D eigenvalue weighted by Gasteiger charge is 2.01. The lowest BCUT2D eigenvalue weighted by atomic mass is 10.2. The van der Waals surface area contributed by atoms with Crippen molar-refractivity contribution in [1.82, 2.24) is 4.98 Å². The van der Waals surface area contributed by atoms with E-state index < -0.39 is 0 Å². The van der Waals surface area contributed by atoms with E-state index in [9.17, 15) is 0 Å². The third-order valence-electron chi connectivity index (χ3n) is 3.80. The van der Waals surface area contributed by atoms with Crippen molar-refractivity contribution in [3.8, 4) is 5.75 Å². The number of thiazole rings is 1. The number of aromatic nitrogens is 1. The van der Waals surface area contributed by atoms with Crippen molar-refractivity contribution in [1.29, 1.82) is 0 Å². The zero-order chi connectivity index (χ0) is 17.6. The average Bonchev–Trinajstić information content (AvgIpc) is 3.11. The number of nitrogens with zero attached hydrogens (tertiary/aromatic N) is 2. The summed E-state index contributed by atoms with van der Waals surface area (Å²) in [5, 5.41) is 5.05. The molecule has 0 fully saturated rings. The van der Waals surface area contributed by atoms with E-state index >= 15 is 0 Å². The molecule has 4 nitrogen and oxygen atoms in total. The van der Waals surface area contributed by atoms with Crippen molar-refractivity contribution >= 4 is 32.9 Å². The van der Waals surface area contributed by atoms with Crippen LogP contribution in [0.5, 0.6) is 5.75 Å². The quantitative estimate of drug-likeness (QED) is 0.374. The number of nitrogens with one attached hydrogen (secondary N) is 1. The summed E-state index contributed by atoms with van der Waals surface area (Å²) in [5.41, 5.74) is 6.11. The van der Waals surface area contributed by atoms with Crippen LogP contribution in [0.15, 0.2) is 84.0 Å². The Bertz CT molecular complexity index is 977. The molecule has 1 aromatic heterocycles. The summed E-state index contributed by atoms with van der Waals surface area (Å²) in [4.78, 5) is 4.48. The smallest absolute Gasteiger partial charge is 0.204 e. The molecule has 1 N–H and O–H groups in total. The summed E-state index contributed by atoms with van der Waals surface area (Å²) in [7, 11) is 0. The van der Waals surface area contributed by atoms with E-state index in [0.717, 1.165) is 32.2 Å². The molecule has 0 radical (unpaired) electrons. The molecule has 0 unspecified atom stereocenters. The highest BCUT2D eigenvalue weighted by molar-refractivity contribution is 7.22. The molecule has 0 aliphatic carbocycles. The first-order valence-corrected chi connectivity index (χ1v) is 9.10. The molecule has 0 aliphatic rings. The topological polar surface area (TPSA) is 46.5 Å². The van der Waals surface area contributed by atoms with Gasteiger partial charge in [0.15, 0.2) is 0 Å². The van der Waals surface area contributed by atoms with Crippen LogP contribution in [0.25, 0.3) is 10.2 Å². The van der Waals surface area contributed by atoms with Crippen molar-refractivity contribution in [2.75, 3.05) is 5.43 Å². The predicted molar refractivity (Wildman–Crippen MR) is 108 cm³/mol. The average molecular weight is 359 g/mol. The van der Waals surface area contributed by atoms with Crippen molar-refractivity contribution in [3.63, 3.8) is 0 Å². The first-order valence-electron chi connectivity index (χ1n) is 8.28. The van der Waals surface area contributed by atoms with Gasteiger partial charge in [0, 0.05) is 0 Å². The number of hydrogen-bond donors (Lipinski definition) is 1. The number of anilines is 1. The normalized spacial score (nSPS) is 11.1. The lowest BCUT2D eigenvalue weighted by Gasteiger charge is -2.06. The second-order valence-electron chi connectivity index (χ2n) is 5.70. The Morgan fingerprint density at radius 1 is 0.923 bits per heavy atom. The van der Waals surface area contributed by atoms with Gasteiger partial charge in [-0.15, -0.1) is 0 Å². The van der Waals surface area contributed by atoms with Crippen molar-refractivity contribution in [3.05, 3.63) is 90.0 Å². The maximum absolute atomic E-state index is 5.79. The largest absolute Gasteiger partial charge is 0.489 e. The van der Waals surface area contributed by atoms with Gasteiger partial charge in [-0.3, -0.25) is 5.43 Å². The van der Waals surface area contributed by atoms with Crippen LogP contribution in [-0.2, 0) is 6.61 Å². The molecule has 0 bridgehead atoms. The third-order valence-corrected chi connectivity index (χ3v) is 4.74. The van der Waals surface area contributed by atoms with Gasteiger partial charge in [0.1, 0.15) is 12.4 Å². The van der Waals surface area contributed by atoms with Gasteiger partial charge in [0.25, 0.3) is 0 Å². The minimum atomic E-state index is 0.563. The Kier molecular flexibility index (Phi) is 4.89. The number of benzene rings is 3. The van der Waals surface area contributed by atoms with Crippen LogP contribution in [0, 0.1) is 0 Å². The van der Waals surface area contributed by atoms with E-state index in [-0.39, 0.29) is 0 Å². The molecule has 4 aromatic rings. The molecule has 0 saturated heterocycles. The number of fused-ring (bicyclic) bond motifs is 1. The molecule has 0 saturated carbocycles. The minimum absolute atomic E-state index is 0.563. The van der Waals surface area contributed by atoms with E-state index in [0.29, 0.717) is 6.61 Å². The SMILES string of the molecule is C(=N/Nc1nc2ccccc2s1)/c1ccc(OCc2ccccc2)cc1. The number of hydrazone groups is 1. The molecule has 1 heterocycles. The van der Waals surface area contributed by atoms with Gasteiger partial charge < -0.3 is 4.74 Å². The summed E-state index contributed by atoms with van der Waals surface area (Å²) in [5.74, 6) is 0.838. The summed E-state index contributed by atoms with van der Waals surface area (Å²) in [6.07, 6.45) is 1.77. The van der Waals surface area contributed by atoms with E-state index in [1.807, 2.05) is 60.7 Å². The Hall–Kier alpha value is -3.18. The van der Waals surface area contributed by atoms with E-state index in [4.69, 9.17) is 4.74 Å². The van der Waals surface area contributed by atoms with Gasteiger partial charge in [-0.1, -0.05) is 53.8 Å². The van der Waals surface area contributed by atoms with Crippen molar-refractivity contribution < 1.29 is 4.74 Å². The summed E-state index contributed by atoms with van der Waals surface area (Å²) in [6, 6.07) is 26.0. The summed E-state index contributed by atoms with van der Waals surface area (Å²) in [6.45, 7) is 0.563. The first-order chi connectivity index (χ1) is 12.9. The van der Waals surface area contributed by atoms with Gasteiger partial charge >= 0.3 is 0 Å². The predicted octanol–water partition coefficient (Wildman–Crippen LogP) is 5.32. The number of hydrogen-bond acceptors (Lipinski definition) is 5. The Labute approximate surface area is 155 Å². The molecule has 128 valence electrons. The van der Waals surface area contributed by atoms with Crippen LogP contribution < -0.4 is 10.2 Å². The van der Waals surface area contributed by atoms with Crippen LogP contribution in [0.2, 0.25) is 0 Å². The maximum atomic E-state index is 5.79. The minimum Gasteiger partial charge on any atom is -0.489 e. The zero-order valence-electron chi connectivity index (χ0n) is 14.0. The van der Waals surface area contributed by atoms with Gasteiger partial charge in [0.2, 0.25) is 5.13 Å². The van der Waals surface area contributed by atoms with Gasteiger partial charge in [-0.05, 0) is 47.5 Å². The second kappa shape index (κ2) is 7.80. The third kappa shape index (κ3) is 4.07. The fourth-order valence-corrected chi connectivity index (χ4v) is 3.29. The van der Waals surface area contributed by atoms with Crippen LogP contribution in [0.4, 0.5) is 5.13 Å². The lowest BCUT2D eigenvalue weighted by Crippen LogP contribution is -1.95. The molecule has 4 rings (SSSR count). The fraction of sp³-hybridized carbons (Fsp3) is 0.0476. The Balaban J connectivity index is 1.34. The van der Waals surface area contributed by atoms with Crippen molar-refractivity contribution in [2.45, 2.75) is 6.61 Å². The maximum Gasteiger partial charge on any atom is 0.204 e. The standard InChI is InChI=1S/C21H17N3OS/c1-2-6-17(7-3-1)15-25-18-12-10-16(11-13-18)14-22-24-21-23-19-8-4-5-9-20(19)26-21/h1-14H,15H2,(H,23,24)/b22-14-. The zero-order valence-corrected chi connectivity index (χ0v) is 14.8. The van der Waals surface area contributed by atoms with Gasteiger partial charge in [0.05, 0.1) is 16.4 Å². The molecule has 3 aromatic carbocycles. The van der Waals surface area contributed by atoms with Crippen LogP contribution in [0.1, 0.15) is 11.1 Å². The van der Waals surface area contributed by atoms with E-state index in [2.05, 4.69) is 33.7 Å². The van der Waals surface area contributed by atoms with E-state index in [1.165, 1.54) is 0 Å². The summed E-state index contributed by atoms with van der Waals surface area (Å²) >= 11 is 1.58. The highest BCUT2D eigenvalue weighted by Crippen LogP contribution is 2.25. The number of para-hydroxylation sites is 1. The first kappa shape index (κ1) is 16.3. The van der Waals surface area contributed by atoms with Crippen LogP contribution in [-0.4, -0.2) is 11.2 Å². The Morgan fingerprint density at radius 2 is 1.69 bits per heavy atom. The van der Waals surface area contributed by atoms with Gasteiger partial charge in [-0.2, -0.15) is 5.10 Å². The molecule has 5 heteroatoms. The number of ether oxygens (including phenoxy) is 1. The molecular formula is C21H17N3OS. The van der Waals surface area contributed by atoms with E-state index in [1.54, 1.807) is 17.6 Å². The van der Waals surface area contributed by atoms with Crippen LogP contribution in [0.3, 0.4) is 0 Å². The van der Waals surface area contributed by atoms with Crippen molar-refractivity contribution in [2.24, 2.45) is 5.10 Å². The molecule has 0 spiro atoms. The van der Waals surface area contributed by atoms with Gasteiger partial charge in [-0.25, -0.2) is 4.98 Å². The molecule has 0 amide bonds. The second-order valence-corrected chi connectivity index (χ2v) is 6.73. The van der Waals surface area contributed by atoms with Crippen LogP contribution >= 0.6 is 11.3 Å². The monoisotopic (exact) mass is 359 g/mol. The summed E-state index contributed by atoms with van der Waals surface area (Å²) < 4.78 is 6.93. The molecule has 0 aliphatic heterocycles. The molecule has 26 heavy (non-hydrogen) atoms. The molecule has 0 atom stereocenters. The Morgan fingerprint density at radius 3 is 2.50 bits per heavy atom. The molecular weight excluding hydrogens is 342 g/mol. The lowest BCUT2D eigenvalue weighted by molar-refractivity contribution is 0.306. The number of rotatable bonds is 6.